The highest BCUT2D eigenvalue weighted by Crippen LogP contribution is 2.09. The molecule has 1 aromatic rings. The van der Waals surface area contributed by atoms with Crippen molar-refractivity contribution >= 4 is 11.6 Å². The van der Waals surface area contributed by atoms with E-state index in [-0.39, 0.29) is 0 Å². The average Bonchev–Trinajstić information content (AvgIpc) is 2.99. The van der Waals surface area contributed by atoms with E-state index in [0.717, 1.165) is 44.6 Å². The van der Waals surface area contributed by atoms with Crippen molar-refractivity contribution in [3.05, 3.63) is 54.9 Å². The van der Waals surface area contributed by atoms with Crippen molar-refractivity contribution in [2.45, 2.75) is 33.1 Å². The van der Waals surface area contributed by atoms with Gasteiger partial charge in [0.15, 0.2) is 0 Å². The molecule has 1 aliphatic heterocycles. The second-order valence-corrected chi connectivity index (χ2v) is 5.30. The number of para-hydroxylation sites is 1. The Morgan fingerprint density at radius 2 is 1.87 bits per heavy atom. The first-order valence-electron chi connectivity index (χ1n) is 8.33. The van der Waals surface area contributed by atoms with Crippen molar-refractivity contribution < 1.29 is 4.79 Å². The normalized spacial score (nSPS) is 14.2. The number of anilines is 1. The highest BCUT2D eigenvalue weighted by atomic mass is 16.2. The Kier molecular flexibility index (Phi) is 10.1. The third kappa shape index (κ3) is 8.71. The molecule has 23 heavy (non-hydrogen) atoms. The van der Waals surface area contributed by atoms with Crippen molar-refractivity contribution in [2.24, 2.45) is 0 Å². The molecule has 1 amide bonds. The first kappa shape index (κ1) is 18.8. The quantitative estimate of drug-likeness (QED) is 0.753. The number of hydrogen-bond donors (Lipinski definition) is 2. The number of rotatable bonds is 7. The molecule has 4 heteroatoms. The van der Waals surface area contributed by atoms with Crippen molar-refractivity contribution in [1.29, 1.82) is 0 Å². The third-order valence-electron chi connectivity index (χ3n) is 3.40. The van der Waals surface area contributed by atoms with E-state index in [1.54, 1.807) is 0 Å². The molecular formula is C19H29N3O. The van der Waals surface area contributed by atoms with Crippen LogP contribution in [0.5, 0.6) is 0 Å². The SMILES string of the molecule is CC=CNCCCN1CCCC1=O.CC=CNc1ccccc1. The molecule has 0 aliphatic carbocycles. The zero-order valence-corrected chi connectivity index (χ0v) is 14.3. The molecule has 0 spiro atoms. The molecular weight excluding hydrogens is 286 g/mol. The summed E-state index contributed by atoms with van der Waals surface area (Å²) in [5.74, 6) is 0.325. The van der Waals surface area contributed by atoms with Gasteiger partial charge in [-0.15, -0.1) is 0 Å². The minimum atomic E-state index is 0.325. The Bertz CT molecular complexity index is 483. The molecule has 0 radical (unpaired) electrons. The number of nitrogens with one attached hydrogen (secondary N) is 2. The first-order valence-corrected chi connectivity index (χ1v) is 8.33. The molecule has 2 N–H and O–H groups in total. The molecule has 1 heterocycles. The number of benzene rings is 1. The molecule has 1 saturated heterocycles. The number of carbonyl (C=O) groups is 1. The maximum atomic E-state index is 11.2. The van der Waals surface area contributed by atoms with E-state index < -0.39 is 0 Å². The van der Waals surface area contributed by atoms with E-state index >= 15 is 0 Å². The van der Waals surface area contributed by atoms with E-state index in [2.05, 4.69) is 10.6 Å². The maximum absolute atomic E-state index is 11.2. The van der Waals surface area contributed by atoms with E-state index in [0.29, 0.717) is 5.91 Å². The number of hydrogen-bond acceptors (Lipinski definition) is 3. The highest BCUT2D eigenvalue weighted by Gasteiger charge is 2.18. The van der Waals surface area contributed by atoms with Gasteiger partial charge in [0.1, 0.15) is 0 Å². The van der Waals surface area contributed by atoms with Crippen LogP contribution < -0.4 is 10.6 Å². The number of carbonyl (C=O) groups excluding carboxylic acids is 1. The van der Waals surface area contributed by atoms with Crippen LogP contribution in [0.3, 0.4) is 0 Å². The zero-order valence-electron chi connectivity index (χ0n) is 14.3. The van der Waals surface area contributed by atoms with Crippen LogP contribution in [-0.4, -0.2) is 30.4 Å². The van der Waals surface area contributed by atoms with E-state index in [1.165, 1.54) is 0 Å². The fourth-order valence-corrected chi connectivity index (χ4v) is 2.23. The van der Waals surface area contributed by atoms with Crippen LogP contribution in [0.4, 0.5) is 5.69 Å². The highest BCUT2D eigenvalue weighted by molar-refractivity contribution is 5.77. The molecule has 0 unspecified atom stereocenters. The maximum Gasteiger partial charge on any atom is 0.222 e. The summed E-state index contributed by atoms with van der Waals surface area (Å²) in [4.78, 5) is 13.1. The van der Waals surface area contributed by atoms with E-state index in [4.69, 9.17) is 0 Å². The third-order valence-corrected chi connectivity index (χ3v) is 3.40. The van der Waals surface area contributed by atoms with Crippen LogP contribution in [0.1, 0.15) is 33.1 Å². The van der Waals surface area contributed by atoms with E-state index in [9.17, 15) is 4.79 Å². The molecule has 2 rings (SSSR count). The number of allylic oxidation sites excluding steroid dienone is 2. The van der Waals surface area contributed by atoms with Gasteiger partial charge >= 0.3 is 0 Å². The molecule has 1 aliphatic rings. The summed E-state index contributed by atoms with van der Waals surface area (Å²) in [6.45, 7) is 6.78. The second-order valence-electron chi connectivity index (χ2n) is 5.30. The van der Waals surface area contributed by atoms with Gasteiger partial charge in [-0.25, -0.2) is 0 Å². The Balaban J connectivity index is 0.000000238. The summed E-state index contributed by atoms with van der Waals surface area (Å²) in [5.41, 5.74) is 1.13. The Labute approximate surface area is 140 Å². The predicted octanol–water partition coefficient (Wildman–Crippen LogP) is 3.75. The van der Waals surface area contributed by atoms with Crippen LogP contribution in [0.25, 0.3) is 0 Å². The summed E-state index contributed by atoms with van der Waals surface area (Å²) in [7, 11) is 0. The van der Waals surface area contributed by atoms with Crippen LogP contribution in [0.2, 0.25) is 0 Å². The zero-order chi connectivity index (χ0) is 16.8. The molecule has 0 saturated carbocycles. The van der Waals surface area contributed by atoms with Crippen molar-refractivity contribution in [1.82, 2.24) is 10.2 Å². The van der Waals surface area contributed by atoms with Gasteiger partial charge in [0.25, 0.3) is 0 Å². The lowest BCUT2D eigenvalue weighted by molar-refractivity contribution is -0.127. The topological polar surface area (TPSA) is 44.4 Å². The Morgan fingerprint density at radius 3 is 2.48 bits per heavy atom. The fourth-order valence-electron chi connectivity index (χ4n) is 2.23. The molecule has 0 atom stereocenters. The second kappa shape index (κ2) is 12.3. The van der Waals surface area contributed by atoms with Gasteiger partial charge in [-0.05, 0) is 51.2 Å². The lowest BCUT2D eigenvalue weighted by Crippen LogP contribution is -2.27. The van der Waals surface area contributed by atoms with Gasteiger partial charge in [-0.1, -0.05) is 30.4 Å². The summed E-state index contributed by atoms with van der Waals surface area (Å²) in [5, 5.41) is 6.27. The fraction of sp³-hybridized carbons (Fsp3) is 0.421. The van der Waals surface area contributed by atoms with Gasteiger partial charge < -0.3 is 15.5 Å². The summed E-state index contributed by atoms with van der Waals surface area (Å²) >= 11 is 0. The standard InChI is InChI=1S/C10H18N2O.C9H11N/c1-2-6-11-7-4-9-12-8-3-5-10(12)13;1-2-8-10-9-6-4-3-5-7-9/h2,6,11H,3-5,7-9H2,1H3;2-8,10H,1H3. The summed E-state index contributed by atoms with van der Waals surface area (Å²) < 4.78 is 0. The summed E-state index contributed by atoms with van der Waals surface area (Å²) in [6.07, 6.45) is 10.6. The molecule has 1 fully saturated rings. The number of likely N-dealkylation sites (tertiary alicyclic amines) is 1. The van der Waals surface area contributed by atoms with Crippen LogP contribution in [0.15, 0.2) is 54.9 Å². The average molecular weight is 315 g/mol. The van der Waals surface area contributed by atoms with Gasteiger partial charge in [0.2, 0.25) is 5.91 Å². The van der Waals surface area contributed by atoms with Gasteiger partial charge in [-0.2, -0.15) is 0 Å². The van der Waals surface area contributed by atoms with Gasteiger partial charge in [0, 0.05) is 31.7 Å². The van der Waals surface area contributed by atoms with Crippen LogP contribution in [0, 0.1) is 0 Å². The smallest absolute Gasteiger partial charge is 0.222 e. The number of amides is 1. The monoisotopic (exact) mass is 315 g/mol. The van der Waals surface area contributed by atoms with E-state index in [1.807, 2.05) is 73.6 Å². The Hall–Kier alpha value is -2.23. The molecule has 1 aromatic carbocycles. The van der Waals surface area contributed by atoms with Crippen LogP contribution in [-0.2, 0) is 4.79 Å². The number of nitrogens with zero attached hydrogens (tertiary/aromatic N) is 1. The van der Waals surface area contributed by atoms with Gasteiger partial charge in [-0.3, -0.25) is 4.79 Å². The van der Waals surface area contributed by atoms with Gasteiger partial charge in [0.05, 0.1) is 0 Å². The molecule has 0 bridgehead atoms. The Morgan fingerprint density at radius 1 is 1.13 bits per heavy atom. The lowest BCUT2D eigenvalue weighted by atomic mass is 10.3. The summed E-state index contributed by atoms with van der Waals surface area (Å²) in [6, 6.07) is 10.1. The molecule has 0 aromatic heterocycles. The molecule has 126 valence electrons. The minimum Gasteiger partial charge on any atom is -0.391 e. The molecule has 4 nitrogen and oxygen atoms in total. The minimum absolute atomic E-state index is 0.325. The lowest BCUT2D eigenvalue weighted by Gasteiger charge is -2.14. The predicted molar refractivity (Wildman–Crippen MR) is 98.1 cm³/mol. The van der Waals surface area contributed by atoms with Crippen molar-refractivity contribution in [3.8, 4) is 0 Å². The van der Waals surface area contributed by atoms with Crippen molar-refractivity contribution in [3.63, 3.8) is 0 Å². The van der Waals surface area contributed by atoms with Crippen molar-refractivity contribution in [2.75, 3.05) is 25.0 Å². The first-order chi connectivity index (χ1) is 11.3. The largest absolute Gasteiger partial charge is 0.391 e. The van der Waals surface area contributed by atoms with Crippen LogP contribution >= 0.6 is 0 Å².